The molecule has 2 heteroatoms. The summed E-state index contributed by atoms with van der Waals surface area (Å²) in [7, 11) is 0. The number of hydrogen-bond acceptors (Lipinski definition) is 2. The summed E-state index contributed by atoms with van der Waals surface area (Å²) in [4.78, 5) is 11.5. The average Bonchev–Trinajstić information content (AvgIpc) is 2.55. The molecule has 1 aromatic rings. The fourth-order valence-electron chi connectivity index (χ4n) is 1.06. The molecular formula is C11H14OS. The number of rotatable bonds is 4. The van der Waals surface area contributed by atoms with Crippen molar-refractivity contribution >= 4 is 17.1 Å². The van der Waals surface area contributed by atoms with E-state index in [0.29, 0.717) is 6.42 Å². The van der Waals surface area contributed by atoms with E-state index < -0.39 is 0 Å². The smallest absolute Gasteiger partial charge is 0.164 e. The summed E-state index contributed by atoms with van der Waals surface area (Å²) in [5.41, 5.74) is 2.13. The molecule has 0 aliphatic heterocycles. The summed E-state index contributed by atoms with van der Waals surface area (Å²) in [5, 5.41) is 3.85. The summed E-state index contributed by atoms with van der Waals surface area (Å²) in [6, 6.07) is 1.88. The van der Waals surface area contributed by atoms with Crippen LogP contribution in [0.4, 0.5) is 0 Å². The van der Waals surface area contributed by atoms with E-state index in [1.807, 2.05) is 16.8 Å². The van der Waals surface area contributed by atoms with Crippen molar-refractivity contribution < 1.29 is 4.79 Å². The van der Waals surface area contributed by atoms with Gasteiger partial charge in [-0.05, 0) is 31.7 Å². The molecule has 0 fully saturated rings. The van der Waals surface area contributed by atoms with Gasteiger partial charge >= 0.3 is 0 Å². The van der Waals surface area contributed by atoms with E-state index >= 15 is 0 Å². The third-order valence-corrected chi connectivity index (χ3v) is 2.45. The lowest BCUT2D eigenvalue weighted by atomic mass is 10.1. The Hall–Kier alpha value is -0.890. The van der Waals surface area contributed by atoms with Crippen LogP contribution in [0.5, 0.6) is 0 Å². The van der Waals surface area contributed by atoms with Crippen LogP contribution < -0.4 is 0 Å². The number of Topliss-reactive ketones (excluding diaryl/α,β-unsaturated/α-hetero) is 1. The van der Waals surface area contributed by atoms with Crippen molar-refractivity contribution in [2.75, 3.05) is 0 Å². The maximum atomic E-state index is 11.5. The number of carbonyl (C=O) groups excluding carboxylic acids is 1. The molecule has 0 spiro atoms. The summed E-state index contributed by atoms with van der Waals surface area (Å²) in [6.45, 7) is 4.10. The summed E-state index contributed by atoms with van der Waals surface area (Å²) in [5.74, 6) is 0.249. The Morgan fingerprint density at radius 1 is 1.54 bits per heavy atom. The lowest BCUT2D eigenvalue weighted by Crippen LogP contribution is -1.95. The molecule has 0 atom stereocenters. The van der Waals surface area contributed by atoms with E-state index in [9.17, 15) is 4.79 Å². The predicted molar refractivity (Wildman–Crippen MR) is 57.3 cm³/mol. The van der Waals surface area contributed by atoms with Crippen LogP contribution in [-0.2, 0) is 0 Å². The zero-order valence-corrected chi connectivity index (χ0v) is 8.86. The first-order valence-corrected chi connectivity index (χ1v) is 5.33. The van der Waals surface area contributed by atoms with Crippen LogP contribution in [-0.4, -0.2) is 5.78 Å². The van der Waals surface area contributed by atoms with E-state index in [1.165, 1.54) is 5.57 Å². The zero-order valence-electron chi connectivity index (χ0n) is 8.04. The first kappa shape index (κ1) is 10.2. The Morgan fingerprint density at radius 3 is 2.85 bits per heavy atom. The molecule has 13 heavy (non-hydrogen) atoms. The number of carbonyl (C=O) groups is 1. The summed E-state index contributed by atoms with van der Waals surface area (Å²) >= 11 is 1.57. The fraction of sp³-hybridized carbons (Fsp3) is 0.364. The van der Waals surface area contributed by atoms with Crippen molar-refractivity contribution in [2.45, 2.75) is 26.7 Å². The Bertz CT molecular complexity index is 292. The van der Waals surface area contributed by atoms with E-state index in [1.54, 1.807) is 11.3 Å². The maximum absolute atomic E-state index is 11.5. The minimum atomic E-state index is 0.249. The second kappa shape index (κ2) is 4.97. The van der Waals surface area contributed by atoms with Gasteiger partial charge in [-0.3, -0.25) is 4.79 Å². The average molecular weight is 194 g/mol. The van der Waals surface area contributed by atoms with Crippen molar-refractivity contribution in [3.63, 3.8) is 0 Å². The standard InChI is InChI=1S/C11H14OS/c1-9(2)4-3-5-11(12)10-6-7-13-8-10/h4,6-8H,3,5H2,1-2H3. The van der Waals surface area contributed by atoms with Crippen molar-refractivity contribution in [1.29, 1.82) is 0 Å². The molecular weight excluding hydrogens is 180 g/mol. The van der Waals surface area contributed by atoms with Gasteiger partial charge in [0.15, 0.2) is 5.78 Å². The van der Waals surface area contributed by atoms with Crippen molar-refractivity contribution in [1.82, 2.24) is 0 Å². The monoisotopic (exact) mass is 194 g/mol. The van der Waals surface area contributed by atoms with Crippen molar-refractivity contribution in [3.05, 3.63) is 34.0 Å². The Balaban J connectivity index is 2.39. The molecule has 70 valence electrons. The topological polar surface area (TPSA) is 17.1 Å². The molecule has 1 rings (SSSR count). The molecule has 1 aromatic heterocycles. The minimum absolute atomic E-state index is 0.249. The van der Waals surface area contributed by atoms with Gasteiger partial charge in [-0.2, -0.15) is 11.3 Å². The molecule has 0 saturated heterocycles. The van der Waals surface area contributed by atoms with Crippen LogP contribution in [0.15, 0.2) is 28.5 Å². The molecule has 1 heterocycles. The molecule has 0 aliphatic rings. The van der Waals surface area contributed by atoms with Crippen LogP contribution >= 0.6 is 11.3 Å². The fourth-order valence-corrected chi connectivity index (χ4v) is 1.72. The highest BCUT2D eigenvalue weighted by molar-refractivity contribution is 7.08. The first-order valence-electron chi connectivity index (χ1n) is 4.39. The highest BCUT2D eigenvalue weighted by Crippen LogP contribution is 2.10. The lowest BCUT2D eigenvalue weighted by Gasteiger charge is -1.94. The van der Waals surface area contributed by atoms with E-state index in [0.717, 1.165) is 12.0 Å². The molecule has 0 unspecified atom stereocenters. The molecule has 0 bridgehead atoms. The van der Waals surface area contributed by atoms with Crippen LogP contribution in [0.2, 0.25) is 0 Å². The van der Waals surface area contributed by atoms with E-state index in [4.69, 9.17) is 0 Å². The number of ketones is 1. The van der Waals surface area contributed by atoms with E-state index in [2.05, 4.69) is 19.9 Å². The molecule has 0 saturated carbocycles. The van der Waals surface area contributed by atoms with Gasteiger partial charge in [-0.25, -0.2) is 0 Å². The van der Waals surface area contributed by atoms with Crippen LogP contribution in [0.3, 0.4) is 0 Å². The number of allylic oxidation sites excluding steroid dienone is 2. The van der Waals surface area contributed by atoms with Gasteiger partial charge < -0.3 is 0 Å². The SMILES string of the molecule is CC(C)=CCCC(=O)c1ccsc1. The second-order valence-electron chi connectivity index (χ2n) is 3.26. The third kappa shape index (κ3) is 3.55. The van der Waals surface area contributed by atoms with Gasteiger partial charge in [0.1, 0.15) is 0 Å². The van der Waals surface area contributed by atoms with Gasteiger partial charge in [0.2, 0.25) is 0 Å². The molecule has 1 nitrogen and oxygen atoms in total. The van der Waals surface area contributed by atoms with Gasteiger partial charge in [-0.15, -0.1) is 0 Å². The van der Waals surface area contributed by atoms with Crippen LogP contribution in [0, 0.1) is 0 Å². The predicted octanol–water partition coefficient (Wildman–Crippen LogP) is 3.68. The summed E-state index contributed by atoms with van der Waals surface area (Å²) in [6.07, 6.45) is 3.59. The Morgan fingerprint density at radius 2 is 2.31 bits per heavy atom. The van der Waals surface area contributed by atoms with Gasteiger partial charge in [0.05, 0.1) is 0 Å². The van der Waals surface area contributed by atoms with Gasteiger partial charge in [0.25, 0.3) is 0 Å². The quantitative estimate of drug-likeness (QED) is 0.528. The largest absolute Gasteiger partial charge is 0.294 e. The highest BCUT2D eigenvalue weighted by Gasteiger charge is 2.03. The zero-order chi connectivity index (χ0) is 9.68. The highest BCUT2D eigenvalue weighted by atomic mass is 32.1. The third-order valence-electron chi connectivity index (χ3n) is 1.77. The summed E-state index contributed by atoms with van der Waals surface area (Å²) < 4.78 is 0. The Kier molecular flexibility index (Phi) is 3.90. The number of thiophene rings is 1. The van der Waals surface area contributed by atoms with Crippen LogP contribution in [0.25, 0.3) is 0 Å². The normalized spacial score (nSPS) is 9.69. The first-order chi connectivity index (χ1) is 6.20. The van der Waals surface area contributed by atoms with Crippen molar-refractivity contribution in [2.24, 2.45) is 0 Å². The van der Waals surface area contributed by atoms with Gasteiger partial charge in [-0.1, -0.05) is 11.6 Å². The van der Waals surface area contributed by atoms with E-state index in [-0.39, 0.29) is 5.78 Å². The van der Waals surface area contributed by atoms with Crippen LogP contribution in [0.1, 0.15) is 37.0 Å². The lowest BCUT2D eigenvalue weighted by molar-refractivity contribution is 0.0984. The van der Waals surface area contributed by atoms with Gasteiger partial charge in [0, 0.05) is 17.4 Å². The van der Waals surface area contributed by atoms with Crippen molar-refractivity contribution in [3.8, 4) is 0 Å². The number of hydrogen-bond donors (Lipinski definition) is 0. The molecule has 0 aromatic carbocycles. The molecule has 0 aliphatic carbocycles. The molecule has 0 amide bonds. The maximum Gasteiger partial charge on any atom is 0.164 e. The molecule has 0 N–H and O–H groups in total. The minimum Gasteiger partial charge on any atom is -0.294 e. The second-order valence-corrected chi connectivity index (χ2v) is 4.04. The Labute approximate surface area is 83.1 Å². The molecule has 0 radical (unpaired) electrons.